The summed E-state index contributed by atoms with van der Waals surface area (Å²) in [6, 6.07) is 8.45. The number of carbonyl (C=O) groups is 1. The predicted octanol–water partition coefficient (Wildman–Crippen LogP) is 2.23. The highest BCUT2D eigenvalue weighted by Crippen LogP contribution is 2.19. The summed E-state index contributed by atoms with van der Waals surface area (Å²) < 4.78 is 4.41. The van der Waals surface area contributed by atoms with E-state index in [1.54, 1.807) is 21.6 Å². The van der Waals surface area contributed by atoms with Crippen molar-refractivity contribution in [2.45, 2.75) is 53.2 Å². The third-order valence-corrected chi connectivity index (χ3v) is 6.99. The number of H-pyrrole nitrogens is 1. The minimum absolute atomic E-state index is 0.00653. The summed E-state index contributed by atoms with van der Waals surface area (Å²) in [5.41, 5.74) is 2.99. The molecule has 0 unspecified atom stereocenters. The molecule has 11 heteroatoms. The maximum absolute atomic E-state index is 13.0. The molecule has 1 aliphatic rings. The number of hydrogen-bond donors (Lipinski definition) is 1. The van der Waals surface area contributed by atoms with E-state index in [0.717, 1.165) is 19.5 Å². The fourth-order valence-electron chi connectivity index (χ4n) is 4.93. The van der Waals surface area contributed by atoms with Gasteiger partial charge in [0.05, 0.1) is 11.8 Å². The molecule has 5 rings (SSSR count). The predicted molar refractivity (Wildman–Crippen MR) is 146 cm³/mol. The minimum Gasteiger partial charge on any atom is -0.368 e. The van der Waals surface area contributed by atoms with Crippen LogP contribution >= 0.6 is 0 Å². The number of carbonyl (C=O) groups excluding carboxylic acids is 1. The minimum atomic E-state index is -0.370. The topological polar surface area (TPSA) is 114 Å². The Morgan fingerprint density at radius 1 is 0.974 bits per heavy atom. The first kappa shape index (κ1) is 25.5. The highest BCUT2D eigenvalue weighted by Gasteiger charge is 2.22. The second-order valence-electron chi connectivity index (χ2n) is 9.80. The molecule has 1 aliphatic heterocycles. The summed E-state index contributed by atoms with van der Waals surface area (Å²) in [7, 11) is 0. The molecular weight excluding hydrogens is 484 g/mol. The lowest BCUT2D eigenvalue weighted by molar-refractivity contribution is -0.132. The number of nitrogens with one attached hydrogen (secondary N) is 1. The van der Waals surface area contributed by atoms with Crippen LogP contribution in [0.1, 0.15) is 32.3 Å². The number of benzene rings is 1. The lowest BCUT2D eigenvalue weighted by atomic mass is 10.2. The normalized spacial score (nSPS) is 14.0. The van der Waals surface area contributed by atoms with Crippen molar-refractivity contribution in [3.05, 3.63) is 63.1 Å². The smallest absolute Gasteiger partial charge is 0.332 e. The van der Waals surface area contributed by atoms with Crippen molar-refractivity contribution >= 4 is 22.8 Å². The third kappa shape index (κ3) is 4.88. The highest BCUT2D eigenvalue weighted by molar-refractivity contribution is 5.77. The van der Waals surface area contributed by atoms with Gasteiger partial charge in [-0.3, -0.25) is 23.4 Å². The van der Waals surface area contributed by atoms with Gasteiger partial charge in [0.1, 0.15) is 17.9 Å². The number of hydrogen-bond acceptors (Lipinski definition) is 6. The molecular formula is C27H34N8O3. The van der Waals surface area contributed by atoms with Gasteiger partial charge in [0.2, 0.25) is 5.91 Å². The molecule has 0 radical (unpaired) electrons. The van der Waals surface area contributed by atoms with Crippen molar-refractivity contribution in [1.82, 2.24) is 33.8 Å². The third-order valence-electron chi connectivity index (χ3n) is 6.99. The molecule has 0 bridgehead atoms. The Labute approximate surface area is 220 Å². The maximum Gasteiger partial charge on any atom is 0.332 e. The van der Waals surface area contributed by atoms with Crippen LogP contribution in [0, 0.1) is 6.92 Å². The molecule has 200 valence electrons. The number of anilines is 1. The van der Waals surface area contributed by atoms with E-state index in [2.05, 4.69) is 51.2 Å². The van der Waals surface area contributed by atoms with Gasteiger partial charge in [-0.2, -0.15) is 5.10 Å². The Morgan fingerprint density at radius 3 is 2.34 bits per heavy atom. The average molecular weight is 519 g/mol. The van der Waals surface area contributed by atoms with Gasteiger partial charge in [-0.15, -0.1) is 0 Å². The Balaban J connectivity index is 1.30. The number of imidazole rings is 1. The van der Waals surface area contributed by atoms with E-state index in [1.807, 2.05) is 18.7 Å². The molecule has 1 N–H and O–H groups in total. The fourth-order valence-corrected chi connectivity index (χ4v) is 4.93. The molecule has 1 amide bonds. The molecule has 38 heavy (non-hydrogen) atoms. The standard InChI is InChI=1S/C27H34N8O3/c1-4-10-34-25-23(26(37)35(11-5-2)27(34)38)29-24(30-25)20-16-28-33(17-20)18-22(36)32-14-12-31(13-15-32)21-8-6-19(3)7-9-21/h6-9,16-17H,4-5,10-15,18H2,1-3H3,(H,29,30). The van der Waals surface area contributed by atoms with Crippen LogP contribution in [0.25, 0.3) is 22.6 Å². The van der Waals surface area contributed by atoms with Crippen LogP contribution in [0.15, 0.2) is 46.2 Å². The SMILES string of the molecule is CCCn1c(=O)c2[nH]c(-c3cnn(CC(=O)N4CCN(c5ccc(C)cc5)CC4)c3)nc2n(CCC)c1=O. The zero-order chi connectivity index (χ0) is 26.8. The Hall–Kier alpha value is -4.15. The van der Waals surface area contributed by atoms with Gasteiger partial charge < -0.3 is 14.8 Å². The summed E-state index contributed by atoms with van der Waals surface area (Å²) >= 11 is 0. The second-order valence-corrected chi connectivity index (χ2v) is 9.80. The van der Waals surface area contributed by atoms with Crippen molar-refractivity contribution in [2.24, 2.45) is 0 Å². The number of aromatic amines is 1. The maximum atomic E-state index is 13.0. The Bertz CT molecular complexity index is 1550. The molecule has 4 heterocycles. The molecule has 1 saturated heterocycles. The van der Waals surface area contributed by atoms with E-state index >= 15 is 0 Å². The van der Waals surface area contributed by atoms with E-state index in [9.17, 15) is 14.4 Å². The summed E-state index contributed by atoms with van der Waals surface area (Å²) in [6.45, 7) is 9.80. The summed E-state index contributed by atoms with van der Waals surface area (Å²) in [6.07, 6.45) is 4.77. The Kier molecular flexibility index (Phi) is 7.17. The number of aryl methyl sites for hydroxylation is 2. The van der Waals surface area contributed by atoms with Crippen LogP contribution in [-0.2, 0) is 24.4 Å². The van der Waals surface area contributed by atoms with Crippen molar-refractivity contribution in [3.63, 3.8) is 0 Å². The Morgan fingerprint density at radius 2 is 1.66 bits per heavy atom. The van der Waals surface area contributed by atoms with Crippen molar-refractivity contribution in [2.75, 3.05) is 31.1 Å². The zero-order valence-electron chi connectivity index (χ0n) is 22.2. The highest BCUT2D eigenvalue weighted by atomic mass is 16.2. The first-order valence-electron chi connectivity index (χ1n) is 13.2. The number of fused-ring (bicyclic) bond motifs is 1. The number of piperazine rings is 1. The lowest BCUT2D eigenvalue weighted by Crippen LogP contribution is -2.49. The molecule has 0 atom stereocenters. The average Bonchev–Trinajstić information content (AvgIpc) is 3.57. The summed E-state index contributed by atoms with van der Waals surface area (Å²) in [5, 5.41) is 4.36. The molecule has 3 aromatic heterocycles. The van der Waals surface area contributed by atoms with Crippen LogP contribution in [0.4, 0.5) is 5.69 Å². The fraction of sp³-hybridized carbons (Fsp3) is 0.444. The van der Waals surface area contributed by atoms with Crippen LogP contribution < -0.4 is 16.1 Å². The van der Waals surface area contributed by atoms with E-state index in [1.165, 1.54) is 15.8 Å². The molecule has 0 saturated carbocycles. The largest absolute Gasteiger partial charge is 0.368 e. The van der Waals surface area contributed by atoms with Crippen molar-refractivity contribution in [3.8, 4) is 11.4 Å². The van der Waals surface area contributed by atoms with Crippen molar-refractivity contribution < 1.29 is 4.79 Å². The molecule has 0 aliphatic carbocycles. The zero-order valence-corrected chi connectivity index (χ0v) is 22.2. The lowest BCUT2D eigenvalue weighted by Gasteiger charge is -2.36. The van der Waals surface area contributed by atoms with Gasteiger partial charge in [0.15, 0.2) is 5.65 Å². The van der Waals surface area contributed by atoms with E-state index in [0.29, 0.717) is 55.2 Å². The van der Waals surface area contributed by atoms with Crippen molar-refractivity contribution in [1.29, 1.82) is 0 Å². The molecule has 0 spiro atoms. The molecule has 4 aromatic rings. The van der Waals surface area contributed by atoms with Gasteiger partial charge in [-0.25, -0.2) is 9.78 Å². The van der Waals surface area contributed by atoms with E-state index < -0.39 is 0 Å². The van der Waals surface area contributed by atoms with Crippen LogP contribution in [-0.4, -0.2) is 65.9 Å². The van der Waals surface area contributed by atoms with E-state index in [4.69, 9.17) is 0 Å². The number of amides is 1. The molecule has 11 nitrogen and oxygen atoms in total. The van der Waals surface area contributed by atoms with E-state index in [-0.39, 0.29) is 23.7 Å². The summed E-state index contributed by atoms with van der Waals surface area (Å²) in [5.74, 6) is 0.452. The monoisotopic (exact) mass is 518 g/mol. The van der Waals surface area contributed by atoms with Gasteiger partial charge in [0, 0.05) is 51.2 Å². The quantitative estimate of drug-likeness (QED) is 0.383. The van der Waals surface area contributed by atoms with Gasteiger partial charge in [-0.1, -0.05) is 31.5 Å². The second kappa shape index (κ2) is 10.7. The number of aromatic nitrogens is 6. The number of nitrogens with zero attached hydrogens (tertiary/aromatic N) is 7. The molecule has 1 fully saturated rings. The van der Waals surface area contributed by atoms with Gasteiger partial charge >= 0.3 is 5.69 Å². The van der Waals surface area contributed by atoms with Gasteiger partial charge in [-0.05, 0) is 31.9 Å². The van der Waals surface area contributed by atoms with Gasteiger partial charge in [0.25, 0.3) is 5.56 Å². The van der Waals surface area contributed by atoms with Crippen LogP contribution in [0.3, 0.4) is 0 Å². The first-order valence-corrected chi connectivity index (χ1v) is 13.2. The molecule has 1 aromatic carbocycles. The van der Waals surface area contributed by atoms with Crippen LogP contribution in [0.5, 0.6) is 0 Å². The van der Waals surface area contributed by atoms with Crippen LogP contribution in [0.2, 0.25) is 0 Å². The number of rotatable bonds is 8. The first-order chi connectivity index (χ1) is 18.4. The summed E-state index contributed by atoms with van der Waals surface area (Å²) in [4.78, 5) is 50.8.